The van der Waals surface area contributed by atoms with Crippen molar-refractivity contribution in [2.45, 2.75) is 50.4 Å². The normalized spacial score (nSPS) is 44.8. The third-order valence-corrected chi connectivity index (χ3v) is 3.85. The topological polar surface area (TPSA) is 32.7 Å². The lowest BCUT2D eigenvalue weighted by Crippen LogP contribution is -2.37. The van der Waals surface area contributed by atoms with Gasteiger partial charge in [0.2, 0.25) is 0 Å². The molecule has 0 amide bonds. The zero-order valence-electron chi connectivity index (χ0n) is 9.20. The average Bonchev–Trinajstić information content (AvgIpc) is 2.73. The molecule has 0 bridgehead atoms. The summed E-state index contributed by atoms with van der Waals surface area (Å²) in [6.45, 7) is 4.33. The van der Waals surface area contributed by atoms with Crippen molar-refractivity contribution in [1.29, 1.82) is 0 Å². The number of ether oxygens (including phenoxy) is 1. The van der Waals surface area contributed by atoms with Crippen LogP contribution in [0.1, 0.15) is 32.6 Å². The monoisotopic (exact) mass is 199 g/mol. The van der Waals surface area contributed by atoms with Crippen molar-refractivity contribution < 1.29 is 9.84 Å². The smallest absolute Gasteiger partial charge is 0.0789 e. The van der Waals surface area contributed by atoms with Gasteiger partial charge in [0.15, 0.2) is 0 Å². The lowest BCUT2D eigenvalue weighted by molar-refractivity contribution is 0.0107. The maximum atomic E-state index is 9.49. The molecule has 3 unspecified atom stereocenters. The highest BCUT2D eigenvalue weighted by Crippen LogP contribution is 2.31. The summed E-state index contributed by atoms with van der Waals surface area (Å²) in [6.07, 6.45) is 4.15. The Morgan fingerprint density at radius 3 is 2.71 bits per heavy atom. The number of hydrogen-bond donors (Lipinski definition) is 1. The minimum Gasteiger partial charge on any atom is -0.393 e. The van der Waals surface area contributed by atoms with Crippen LogP contribution >= 0.6 is 0 Å². The van der Waals surface area contributed by atoms with Crippen LogP contribution in [-0.4, -0.2) is 48.0 Å². The Hall–Kier alpha value is -0.120. The lowest BCUT2D eigenvalue weighted by atomic mass is 10.1. The molecule has 0 spiro atoms. The van der Waals surface area contributed by atoms with Gasteiger partial charge in [-0.1, -0.05) is 0 Å². The van der Waals surface area contributed by atoms with Crippen LogP contribution in [0.4, 0.5) is 0 Å². The molecule has 1 aliphatic carbocycles. The third-order valence-electron chi connectivity index (χ3n) is 3.85. The Morgan fingerprint density at radius 2 is 2.21 bits per heavy atom. The van der Waals surface area contributed by atoms with Crippen LogP contribution in [0.5, 0.6) is 0 Å². The van der Waals surface area contributed by atoms with Gasteiger partial charge in [-0.2, -0.15) is 0 Å². The van der Waals surface area contributed by atoms with Crippen LogP contribution in [0.25, 0.3) is 0 Å². The number of methoxy groups -OCH3 is 1. The molecule has 0 aromatic heterocycles. The van der Waals surface area contributed by atoms with Gasteiger partial charge in [-0.15, -0.1) is 0 Å². The first-order valence-corrected chi connectivity index (χ1v) is 5.60. The Bertz CT molecular complexity index is 209. The summed E-state index contributed by atoms with van der Waals surface area (Å²) in [6, 6.07) is 0.599. The number of rotatable bonds is 2. The largest absolute Gasteiger partial charge is 0.393 e. The van der Waals surface area contributed by atoms with E-state index in [0.29, 0.717) is 6.04 Å². The molecule has 82 valence electrons. The molecule has 1 saturated carbocycles. The highest BCUT2D eigenvalue weighted by Gasteiger charge is 2.38. The van der Waals surface area contributed by atoms with E-state index in [1.54, 1.807) is 7.11 Å². The second-order valence-corrected chi connectivity index (χ2v) is 5.00. The van der Waals surface area contributed by atoms with Gasteiger partial charge in [0.1, 0.15) is 0 Å². The van der Waals surface area contributed by atoms with Crippen molar-refractivity contribution in [3.63, 3.8) is 0 Å². The highest BCUT2D eigenvalue weighted by atomic mass is 16.5. The number of aliphatic hydroxyl groups is 1. The minimum atomic E-state index is -0.0607. The molecule has 1 N–H and O–H groups in total. The molecule has 1 aliphatic heterocycles. The summed E-state index contributed by atoms with van der Waals surface area (Å²) in [7, 11) is 1.80. The van der Waals surface area contributed by atoms with E-state index in [1.165, 1.54) is 0 Å². The van der Waals surface area contributed by atoms with Crippen molar-refractivity contribution >= 4 is 0 Å². The van der Waals surface area contributed by atoms with Gasteiger partial charge >= 0.3 is 0 Å². The van der Waals surface area contributed by atoms with Gasteiger partial charge in [0, 0.05) is 26.2 Å². The maximum absolute atomic E-state index is 9.49. The van der Waals surface area contributed by atoms with E-state index in [9.17, 15) is 5.11 Å². The molecule has 3 atom stereocenters. The van der Waals surface area contributed by atoms with E-state index in [0.717, 1.165) is 38.8 Å². The Balaban J connectivity index is 1.89. The van der Waals surface area contributed by atoms with Crippen molar-refractivity contribution in [3.05, 3.63) is 0 Å². The molecule has 2 rings (SSSR count). The van der Waals surface area contributed by atoms with Gasteiger partial charge in [0.05, 0.1) is 11.7 Å². The van der Waals surface area contributed by atoms with E-state index in [2.05, 4.69) is 11.8 Å². The molecular formula is C11H21NO2. The van der Waals surface area contributed by atoms with Crippen molar-refractivity contribution in [1.82, 2.24) is 4.90 Å². The van der Waals surface area contributed by atoms with Gasteiger partial charge in [-0.05, 0) is 32.6 Å². The Labute approximate surface area is 86.0 Å². The van der Waals surface area contributed by atoms with E-state index in [1.807, 2.05) is 0 Å². The van der Waals surface area contributed by atoms with Crippen LogP contribution in [0, 0.1) is 0 Å². The van der Waals surface area contributed by atoms with Crippen LogP contribution in [0.3, 0.4) is 0 Å². The predicted molar refractivity (Wildman–Crippen MR) is 55.2 cm³/mol. The fraction of sp³-hybridized carbons (Fsp3) is 1.00. The molecule has 1 saturated heterocycles. The zero-order chi connectivity index (χ0) is 10.2. The highest BCUT2D eigenvalue weighted by molar-refractivity contribution is 4.93. The van der Waals surface area contributed by atoms with Gasteiger partial charge in [0.25, 0.3) is 0 Å². The molecule has 0 aromatic carbocycles. The number of aliphatic hydroxyl groups excluding tert-OH is 1. The fourth-order valence-corrected chi connectivity index (χ4v) is 2.71. The summed E-state index contributed by atoms with van der Waals surface area (Å²) in [4.78, 5) is 2.49. The number of nitrogens with zero attached hydrogens (tertiary/aromatic N) is 1. The fourth-order valence-electron chi connectivity index (χ4n) is 2.71. The number of likely N-dealkylation sites (tertiary alicyclic amines) is 1. The first-order chi connectivity index (χ1) is 6.63. The Kier molecular flexibility index (Phi) is 2.82. The standard InChI is InChI=1S/C11H21NO2/c1-11(14-2)5-6-12(8-11)9-3-4-10(13)7-9/h9-10,13H,3-8H2,1-2H3. The Morgan fingerprint density at radius 1 is 1.43 bits per heavy atom. The van der Waals surface area contributed by atoms with Gasteiger partial charge in [-0.25, -0.2) is 0 Å². The van der Waals surface area contributed by atoms with Crippen molar-refractivity contribution in [3.8, 4) is 0 Å². The van der Waals surface area contributed by atoms with Crippen molar-refractivity contribution in [2.75, 3.05) is 20.2 Å². The molecule has 3 heteroatoms. The summed E-state index contributed by atoms with van der Waals surface area (Å²) in [5.41, 5.74) is 0.0491. The molecule has 2 fully saturated rings. The third kappa shape index (κ3) is 1.95. The summed E-state index contributed by atoms with van der Waals surface area (Å²) in [5, 5.41) is 9.49. The predicted octanol–water partition coefficient (Wildman–Crippen LogP) is 1.01. The first kappa shape index (κ1) is 10.4. The van der Waals surface area contributed by atoms with E-state index in [-0.39, 0.29) is 11.7 Å². The molecular weight excluding hydrogens is 178 g/mol. The van der Waals surface area contributed by atoms with Gasteiger partial charge < -0.3 is 9.84 Å². The minimum absolute atomic E-state index is 0.0491. The van der Waals surface area contributed by atoms with Gasteiger partial charge in [-0.3, -0.25) is 4.90 Å². The zero-order valence-corrected chi connectivity index (χ0v) is 9.20. The summed E-state index contributed by atoms with van der Waals surface area (Å²) < 4.78 is 5.51. The molecule has 1 heterocycles. The maximum Gasteiger partial charge on any atom is 0.0789 e. The van der Waals surface area contributed by atoms with Crippen LogP contribution in [-0.2, 0) is 4.74 Å². The van der Waals surface area contributed by atoms with Crippen molar-refractivity contribution in [2.24, 2.45) is 0 Å². The van der Waals surface area contributed by atoms with E-state index >= 15 is 0 Å². The van der Waals surface area contributed by atoms with Crippen LogP contribution < -0.4 is 0 Å². The summed E-state index contributed by atoms with van der Waals surface area (Å²) >= 11 is 0. The number of hydrogen-bond acceptors (Lipinski definition) is 3. The quantitative estimate of drug-likeness (QED) is 0.720. The second-order valence-electron chi connectivity index (χ2n) is 5.00. The van der Waals surface area contributed by atoms with E-state index < -0.39 is 0 Å². The lowest BCUT2D eigenvalue weighted by Gasteiger charge is -2.26. The summed E-state index contributed by atoms with van der Waals surface area (Å²) in [5.74, 6) is 0. The molecule has 14 heavy (non-hydrogen) atoms. The molecule has 0 radical (unpaired) electrons. The first-order valence-electron chi connectivity index (χ1n) is 5.60. The van der Waals surface area contributed by atoms with Crippen LogP contribution in [0.2, 0.25) is 0 Å². The second kappa shape index (κ2) is 3.80. The SMILES string of the molecule is COC1(C)CCN(C2CCC(O)C2)C1. The molecule has 2 aliphatic rings. The van der Waals surface area contributed by atoms with Crippen LogP contribution in [0.15, 0.2) is 0 Å². The molecule has 3 nitrogen and oxygen atoms in total. The molecule has 0 aromatic rings. The average molecular weight is 199 g/mol. The van der Waals surface area contributed by atoms with E-state index in [4.69, 9.17) is 4.74 Å².